The second-order valence-electron chi connectivity index (χ2n) is 8.73. The lowest BCUT2D eigenvalue weighted by Crippen LogP contribution is -2.56. The van der Waals surface area contributed by atoms with Gasteiger partial charge in [0.2, 0.25) is 0 Å². The maximum absolute atomic E-state index is 12.1. The molecule has 7 nitrogen and oxygen atoms in total. The van der Waals surface area contributed by atoms with Gasteiger partial charge in [-0.3, -0.25) is 0 Å². The van der Waals surface area contributed by atoms with Gasteiger partial charge in [-0.15, -0.1) is 0 Å². The van der Waals surface area contributed by atoms with E-state index in [-0.39, 0.29) is 0 Å². The Labute approximate surface area is 151 Å². The minimum absolute atomic E-state index is 0.353. The average molecular weight is 370 g/mol. The number of carbonyl (C=O) groups excluding carboxylic acids is 2. The van der Waals surface area contributed by atoms with Crippen LogP contribution in [-0.4, -0.2) is 56.0 Å². The molecule has 0 spiro atoms. The van der Waals surface area contributed by atoms with Crippen molar-refractivity contribution in [2.24, 2.45) is 0 Å². The van der Waals surface area contributed by atoms with Gasteiger partial charge in [0.1, 0.15) is 11.1 Å². The van der Waals surface area contributed by atoms with Crippen LogP contribution in [0.15, 0.2) is 0 Å². The number of hydrogen-bond acceptors (Lipinski definition) is 5. The van der Waals surface area contributed by atoms with Crippen molar-refractivity contribution < 1.29 is 19.1 Å². The minimum Gasteiger partial charge on any atom is -0.450 e. The van der Waals surface area contributed by atoms with Crippen molar-refractivity contribution in [1.29, 1.82) is 5.26 Å². The zero-order chi connectivity index (χ0) is 19.3. The van der Waals surface area contributed by atoms with Crippen LogP contribution in [0.25, 0.3) is 0 Å². The number of ether oxygens (including phenoxy) is 2. The fraction of sp³-hybridized carbons (Fsp3) is 0.824. The molecule has 0 unspecified atom stereocenters. The monoisotopic (exact) mass is 369 g/mol. The lowest BCUT2D eigenvalue weighted by molar-refractivity contribution is 0.0175. The summed E-state index contributed by atoms with van der Waals surface area (Å²) in [5, 5.41) is 12.2. The number of rotatable bonds is 4. The number of nitrogens with one attached hydrogen (secondary N) is 1. The molecule has 1 heterocycles. The molecule has 0 bridgehead atoms. The maximum atomic E-state index is 12.1. The number of nitrogens with zero attached hydrogens (tertiary/aromatic N) is 2. The molecule has 142 valence electrons. The van der Waals surface area contributed by atoms with E-state index in [0.29, 0.717) is 32.5 Å². The Kier molecular flexibility index (Phi) is 6.88. The largest absolute Gasteiger partial charge is 0.450 e. The molecule has 1 fully saturated rings. The fourth-order valence-corrected chi connectivity index (χ4v) is 3.06. The predicted octanol–water partition coefficient (Wildman–Crippen LogP) is 3.34. The van der Waals surface area contributed by atoms with Gasteiger partial charge in [-0.05, 0) is 26.8 Å². The van der Waals surface area contributed by atoms with Crippen LogP contribution in [0.4, 0.5) is 9.59 Å². The van der Waals surface area contributed by atoms with E-state index in [0.717, 1.165) is 6.04 Å². The van der Waals surface area contributed by atoms with E-state index in [9.17, 15) is 14.9 Å². The number of amides is 2. The van der Waals surface area contributed by atoms with Crippen LogP contribution >= 0.6 is 0 Å². The average Bonchev–Trinajstić information content (AvgIpc) is 2.44. The Morgan fingerprint density at radius 1 is 1.24 bits per heavy atom. The first-order valence-electron chi connectivity index (χ1n) is 8.70. The summed E-state index contributed by atoms with van der Waals surface area (Å²) in [5.41, 5.74) is -1.55. The first-order chi connectivity index (χ1) is 11.4. The maximum Gasteiger partial charge on any atom is 0.410 e. The Bertz CT molecular complexity index is 523. The van der Waals surface area contributed by atoms with Crippen molar-refractivity contribution in [3.8, 4) is 6.07 Å². The third kappa shape index (κ3) is 7.78. The van der Waals surface area contributed by atoms with Crippen LogP contribution in [0.5, 0.6) is 0 Å². The molecule has 1 N–H and O–H groups in total. The van der Waals surface area contributed by atoms with E-state index in [1.807, 2.05) is 20.8 Å². The first kappa shape index (κ1) is 21.3. The Morgan fingerprint density at radius 3 is 2.24 bits per heavy atom. The molecular formula is C17H31N3O4Si. The van der Waals surface area contributed by atoms with Gasteiger partial charge in [0.25, 0.3) is 0 Å². The normalized spacial score (nSPS) is 17.4. The van der Waals surface area contributed by atoms with Crippen molar-refractivity contribution in [3.63, 3.8) is 0 Å². The Morgan fingerprint density at radius 2 is 1.80 bits per heavy atom. The van der Waals surface area contributed by atoms with E-state index in [1.54, 1.807) is 4.90 Å². The smallest absolute Gasteiger partial charge is 0.410 e. The van der Waals surface area contributed by atoms with E-state index < -0.39 is 31.4 Å². The SMILES string of the molecule is CC(C)(C)OC(=O)N1CCC(C#N)(NC(=O)OCC[Si](C)(C)C)CC1. The highest BCUT2D eigenvalue weighted by Gasteiger charge is 2.39. The van der Waals surface area contributed by atoms with E-state index in [1.165, 1.54) is 0 Å². The quantitative estimate of drug-likeness (QED) is 0.767. The molecule has 0 saturated carbocycles. The highest BCUT2D eigenvalue weighted by atomic mass is 28.3. The molecule has 25 heavy (non-hydrogen) atoms. The van der Waals surface area contributed by atoms with Crippen LogP contribution in [0, 0.1) is 11.3 Å². The zero-order valence-electron chi connectivity index (χ0n) is 16.3. The minimum atomic E-state index is -1.27. The van der Waals surface area contributed by atoms with Gasteiger partial charge in [0.15, 0.2) is 0 Å². The molecule has 2 amide bonds. The highest BCUT2D eigenvalue weighted by Crippen LogP contribution is 2.23. The Hall–Kier alpha value is -1.75. The number of likely N-dealkylation sites (tertiary alicyclic amines) is 1. The third-order valence-corrected chi connectivity index (χ3v) is 5.61. The van der Waals surface area contributed by atoms with E-state index in [4.69, 9.17) is 9.47 Å². The summed E-state index contributed by atoms with van der Waals surface area (Å²) in [6.07, 6.45) is -0.250. The van der Waals surface area contributed by atoms with Crippen LogP contribution < -0.4 is 5.32 Å². The molecule has 1 aliphatic rings. The Balaban J connectivity index is 2.51. The van der Waals surface area contributed by atoms with Crippen LogP contribution in [0.2, 0.25) is 25.7 Å². The van der Waals surface area contributed by atoms with Crippen molar-refractivity contribution in [2.75, 3.05) is 19.7 Å². The van der Waals surface area contributed by atoms with Gasteiger partial charge in [-0.2, -0.15) is 5.26 Å². The standard InChI is InChI=1S/C17H31N3O4Si/c1-16(2,3)24-15(22)20-9-7-17(13-18,8-10-20)19-14(21)23-11-12-25(4,5)6/h7-12H2,1-6H3,(H,19,21). The molecule has 0 aromatic heterocycles. The molecule has 8 heteroatoms. The fourth-order valence-electron chi connectivity index (χ4n) is 2.34. The molecule has 1 rings (SSSR count). The van der Waals surface area contributed by atoms with E-state index in [2.05, 4.69) is 31.0 Å². The van der Waals surface area contributed by atoms with Gasteiger partial charge in [-0.1, -0.05) is 19.6 Å². The summed E-state index contributed by atoms with van der Waals surface area (Å²) in [7, 11) is -1.27. The molecule has 0 atom stereocenters. The van der Waals surface area contributed by atoms with Crippen LogP contribution in [0.3, 0.4) is 0 Å². The van der Waals surface area contributed by atoms with Gasteiger partial charge < -0.3 is 19.7 Å². The zero-order valence-corrected chi connectivity index (χ0v) is 17.3. The van der Waals surface area contributed by atoms with Crippen LogP contribution in [-0.2, 0) is 9.47 Å². The second kappa shape index (κ2) is 8.08. The summed E-state index contributed by atoms with van der Waals surface area (Å²) < 4.78 is 10.6. The first-order valence-corrected chi connectivity index (χ1v) is 12.4. The molecule has 0 radical (unpaired) electrons. The summed E-state index contributed by atoms with van der Waals surface area (Å²) in [5.74, 6) is 0. The molecular weight excluding hydrogens is 338 g/mol. The molecule has 1 saturated heterocycles. The number of hydrogen-bond donors (Lipinski definition) is 1. The highest BCUT2D eigenvalue weighted by molar-refractivity contribution is 6.76. The molecule has 0 aromatic carbocycles. The lowest BCUT2D eigenvalue weighted by atomic mass is 9.89. The van der Waals surface area contributed by atoms with E-state index >= 15 is 0 Å². The van der Waals surface area contributed by atoms with Gasteiger partial charge >= 0.3 is 12.2 Å². The summed E-state index contributed by atoms with van der Waals surface area (Å²) in [6, 6.07) is 3.06. The number of carbonyl (C=O) groups is 2. The van der Waals surface area contributed by atoms with Crippen LogP contribution in [0.1, 0.15) is 33.6 Å². The van der Waals surface area contributed by atoms with Gasteiger partial charge in [0.05, 0.1) is 12.7 Å². The number of piperidine rings is 1. The number of nitriles is 1. The van der Waals surface area contributed by atoms with Crippen molar-refractivity contribution in [1.82, 2.24) is 10.2 Å². The molecule has 0 aliphatic carbocycles. The lowest BCUT2D eigenvalue weighted by Gasteiger charge is -2.37. The summed E-state index contributed by atoms with van der Waals surface area (Å²) >= 11 is 0. The van der Waals surface area contributed by atoms with Crippen molar-refractivity contribution in [2.45, 2.75) is 70.4 Å². The second-order valence-corrected chi connectivity index (χ2v) is 14.4. The molecule has 1 aliphatic heterocycles. The van der Waals surface area contributed by atoms with Crippen molar-refractivity contribution in [3.05, 3.63) is 0 Å². The predicted molar refractivity (Wildman–Crippen MR) is 98.0 cm³/mol. The summed E-state index contributed by atoms with van der Waals surface area (Å²) in [4.78, 5) is 25.6. The molecule has 0 aromatic rings. The number of alkyl carbamates (subject to hydrolysis) is 1. The third-order valence-electron chi connectivity index (χ3n) is 3.91. The van der Waals surface area contributed by atoms with Crippen molar-refractivity contribution >= 4 is 20.3 Å². The van der Waals surface area contributed by atoms with Gasteiger partial charge in [-0.25, -0.2) is 9.59 Å². The van der Waals surface area contributed by atoms with Gasteiger partial charge in [0, 0.05) is 34.0 Å². The topological polar surface area (TPSA) is 91.7 Å². The summed E-state index contributed by atoms with van der Waals surface area (Å²) in [6.45, 7) is 13.1.